The maximum absolute atomic E-state index is 13.1. The Morgan fingerprint density at radius 2 is 2.11 bits per heavy atom. The van der Waals surface area contributed by atoms with Crippen LogP contribution in [-0.2, 0) is 35.8 Å². The molecule has 4 heterocycles. The van der Waals surface area contributed by atoms with E-state index in [0.29, 0.717) is 25.1 Å². The molecule has 1 fully saturated rings. The summed E-state index contributed by atoms with van der Waals surface area (Å²) in [5.41, 5.74) is 4.64. The molecule has 4 N–H and O–H groups in total. The Hall–Kier alpha value is -3.20. The molecule has 0 saturated carbocycles. The van der Waals surface area contributed by atoms with Gasteiger partial charge in [-0.05, 0) is 17.5 Å². The van der Waals surface area contributed by atoms with Crippen molar-refractivity contribution in [1.29, 1.82) is 0 Å². The van der Waals surface area contributed by atoms with Crippen LogP contribution in [0.5, 0.6) is 0 Å². The van der Waals surface area contributed by atoms with Crippen LogP contribution in [0.25, 0.3) is 0 Å². The lowest BCUT2D eigenvalue weighted by Crippen LogP contribution is -2.52. The van der Waals surface area contributed by atoms with Gasteiger partial charge in [-0.3, -0.25) is 24.8 Å². The zero-order valence-corrected chi connectivity index (χ0v) is 15.2. The van der Waals surface area contributed by atoms with Gasteiger partial charge in [0.15, 0.2) is 5.82 Å². The highest BCUT2D eigenvalue weighted by Crippen LogP contribution is 2.30. The van der Waals surface area contributed by atoms with Crippen molar-refractivity contribution in [3.05, 3.63) is 46.1 Å². The Kier molecular flexibility index (Phi) is 3.90. The highest BCUT2D eigenvalue weighted by molar-refractivity contribution is 6.06. The Labute approximate surface area is 160 Å². The summed E-state index contributed by atoms with van der Waals surface area (Å²) >= 11 is 0. The first kappa shape index (κ1) is 16.9. The maximum atomic E-state index is 13.1. The van der Waals surface area contributed by atoms with Gasteiger partial charge in [-0.2, -0.15) is 5.10 Å². The van der Waals surface area contributed by atoms with E-state index in [9.17, 15) is 14.4 Å². The SMILES string of the molecule is O=C1CCC(N2Cc3cccc(CNc4n[nH]c5c4CNC5)c3C2=O)C(=O)N1. The summed E-state index contributed by atoms with van der Waals surface area (Å²) in [7, 11) is 0. The van der Waals surface area contributed by atoms with E-state index < -0.39 is 11.9 Å². The molecule has 28 heavy (non-hydrogen) atoms. The average Bonchev–Trinajstić information content (AvgIpc) is 3.36. The van der Waals surface area contributed by atoms with E-state index in [1.54, 1.807) is 4.90 Å². The Morgan fingerprint density at radius 1 is 1.21 bits per heavy atom. The molecule has 1 saturated heterocycles. The number of anilines is 1. The van der Waals surface area contributed by atoms with Gasteiger partial charge in [-0.15, -0.1) is 0 Å². The van der Waals surface area contributed by atoms with Gasteiger partial charge >= 0.3 is 0 Å². The third-order valence-electron chi connectivity index (χ3n) is 5.64. The van der Waals surface area contributed by atoms with Crippen molar-refractivity contribution in [2.45, 2.75) is 45.1 Å². The van der Waals surface area contributed by atoms with Crippen molar-refractivity contribution in [3.8, 4) is 0 Å². The van der Waals surface area contributed by atoms with E-state index in [-0.39, 0.29) is 18.2 Å². The quantitative estimate of drug-likeness (QED) is 0.570. The number of H-pyrrole nitrogens is 1. The molecule has 5 rings (SSSR count). The molecule has 1 atom stereocenters. The maximum Gasteiger partial charge on any atom is 0.255 e. The van der Waals surface area contributed by atoms with Crippen molar-refractivity contribution in [1.82, 2.24) is 25.7 Å². The molecule has 1 aromatic carbocycles. The number of aromatic amines is 1. The summed E-state index contributed by atoms with van der Waals surface area (Å²) in [6.07, 6.45) is 0.619. The molecule has 1 unspecified atom stereocenters. The molecule has 1 aromatic heterocycles. The minimum Gasteiger partial charge on any atom is -0.364 e. The number of aromatic nitrogens is 2. The number of fused-ring (bicyclic) bond motifs is 2. The predicted octanol–water partition coefficient (Wildman–Crippen LogP) is 0.386. The molecule has 3 amide bonds. The Bertz CT molecular complexity index is 998. The standard InChI is InChI=1S/C19H20N6O3/c26-15-5-4-14(18(27)22-15)25-9-11-3-1-2-10(16(11)19(25)28)6-21-17-12-7-20-8-13(12)23-24-17/h1-3,14,20H,4-9H2,(H2,21,23,24)(H,22,26,27). The van der Waals surface area contributed by atoms with Crippen molar-refractivity contribution in [2.24, 2.45) is 0 Å². The molecule has 0 spiro atoms. The second-order valence-electron chi connectivity index (χ2n) is 7.34. The van der Waals surface area contributed by atoms with Crippen LogP contribution in [0.4, 0.5) is 5.82 Å². The van der Waals surface area contributed by atoms with Gasteiger partial charge < -0.3 is 15.5 Å². The summed E-state index contributed by atoms with van der Waals surface area (Å²) in [5, 5.41) is 16.3. The lowest BCUT2D eigenvalue weighted by molar-refractivity contribution is -0.136. The Balaban J connectivity index is 1.36. The molecular formula is C19H20N6O3. The number of nitrogens with zero attached hydrogens (tertiary/aromatic N) is 2. The fourth-order valence-corrected chi connectivity index (χ4v) is 4.21. The Morgan fingerprint density at radius 3 is 2.96 bits per heavy atom. The number of piperidine rings is 1. The third-order valence-corrected chi connectivity index (χ3v) is 5.64. The second kappa shape index (κ2) is 6.45. The number of carbonyl (C=O) groups excluding carboxylic acids is 3. The van der Waals surface area contributed by atoms with Crippen LogP contribution in [0.2, 0.25) is 0 Å². The lowest BCUT2D eigenvalue weighted by Gasteiger charge is -2.29. The second-order valence-corrected chi connectivity index (χ2v) is 7.34. The minimum atomic E-state index is -0.598. The lowest BCUT2D eigenvalue weighted by atomic mass is 10.0. The fourth-order valence-electron chi connectivity index (χ4n) is 4.21. The highest BCUT2D eigenvalue weighted by atomic mass is 16.2. The van der Waals surface area contributed by atoms with Gasteiger partial charge in [0.1, 0.15) is 6.04 Å². The number of rotatable bonds is 4. The topological polar surface area (TPSA) is 119 Å². The van der Waals surface area contributed by atoms with Crippen LogP contribution in [0.15, 0.2) is 18.2 Å². The van der Waals surface area contributed by atoms with E-state index in [1.165, 1.54) is 0 Å². The molecule has 3 aliphatic heterocycles. The van der Waals surface area contributed by atoms with Crippen molar-refractivity contribution < 1.29 is 14.4 Å². The first-order chi connectivity index (χ1) is 13.6. The van der Waals surface area contributed by atoms with Gasteiger partial charge in [-0.1, -0.05) is 18.2 Å². The number of nitrogens with one attached hydrogen (secondary N) is 4. The van der Waals surface area contributed by atoms with E-state index in [4.69, 9.17) is 0 Å². The first-order valence-electron chi connectivity index (χ1n) is 9.38. The molecule has 0 bridgehead atoms. The van der Waals surface area contributed by atoms with Crippen LogP contribution >= 0.6 is 0 Å². The van der Waals surface area contributed by atoms with Gasteiger partial charge in [0.25, 0.3) is 5.91 Å². The molecule has 3 aliphatic rings. The first-order valence-corrected chi connectivity index (χ1v) is 9.38. The average molecular weight is 380 g/mol. The molecule has 9 nitrogen and oxygen atoms in total. The highest BCUT2D eigenvalue weighted by Gasteiger charge is 2.39. The summed E-state index contributed by atoms with van der Waals surface area (Å²) in [6.45, 7) is 2.40. The van der Waals surface area contributed by atoms with Crippen molar-refractivity contribution in [2.75, 3.05) is 5.32 Å². The number of carbonyl (C=O) groups is 3. The van der Waals surface area contributed by atoms with Crippen LogP contribution in [0.1, 0.15) is 45.6 Å². The van der Waals surface area contributed by atoms with Crippen LogP contribution < -0.4 is 16.0 Å². The summed E-state index contributed by atoms with van der Waals surface area (Å²) in [5.74, 6) is -0.0334. The van der Waals surface area contributed by atoms with E-state index in [2.05, 4.69) is 26.1 Å². The number of amides is 3. The molecule has 144 valence electrons. The molecule has 0 radical (unpaired) electrons. The fraction of sp³-hybridized carbons (Fsp3) is 0.368. The summed E-state index contributed by atoms with van der Waals surface area (Å²) < 4.78 is 0. The number of hydrogen-bond donors (Lipinski definition) is 4. The van der Waals surface area contributed by atoms with Gasteiger partial charge in [0, 0.05) is 43.7 Å². The van der Waals surface area contributed by atoms with Crippen molar-refractivity contribution >= 4 is 23.5 Å². The zero-order valence-electron chi connectivity index (χ0n) is 15.2. The number of imide groups is 1. The summed E-state index contributed by atoms with van der Waals surface area (Å²) in [4.78, 5) is 38.3. The number of benzene rings is 1. The van der Waals surface area contributed by atoms with Gasteiger partial charge in [0.2, 0.25) is 11.8 Å². The van der Waals surface area contributed by atoms with Crippen molar-refractivity contribution in [3.63, 3.8) is 0 Å². The largest absolute Gasteiger partial charge is 0.364 e. The minimum absolute atomic E-state index is 0.157. The summed E-state index contributed by atoms with van der Waals surface area (Å²) in [6, 6.07) is 5.16. The van der Waals surface area contributed by atoms with E-state index >= 15 is 0 Å². The number of hydrogen-bond acceptors (Lipinski definition) is 6. The molecule has 0 aliphatic carbocycles. The predicted molar refractivity (Wildman–Crippen MR) is 98.9 cm³/mol. The molecule has 2 aromatic rings. The normalized spacial score (nSPS) is 20.9. The van der Waals surface area contributed by atoms with Gasteiger partial charge in [-0.25, -0.2) is 0 Å². The van der Waals surface area contributed by atoms with E-state index in [0.717, 1.165) is 41.3 Å². The zero-order chi connectivity index (χ0) is 19.3. The monoisotopic (exact) mass is 380 g/mol. The van der Waals surface area contributed by atoms with Gasteiger partial charge in [0.05, 0.1) is 5.69 Å². The van der Waals surface area contributed by atoms with E-state index in [1.807, 2.05) is 18.2 Å². The molecule has 9 heteroatoms. The van der Waals surface area contributed by atoms with Crippen LogP contribution in [0.3, 0.4) is 0 Å². The van der Waals surface area contributed by atoms with Crippen LogP contribution in [0, 0.1) is 0 Å². The third kappa shape index (κ3) is 2.66. The van der Waals surface area contributed by atoms with Crippen LogP contribution in [-0.4, -0.2) is 38.9 Å². The smallest absolute Gasteiger partial charge is 0.255 e. The molecular weight excluding hydrogens is 360 g/mol.